The average molecular weight is 502 g/mol. The molecule has 2 amide bonds. The zero-order valence-electron chi connectivity index (χ0n) is 18.8. The number of para-hydroxylation sites is 1. The van der Waals surface area contributed by atoms with Crippen LogP contribution >= 0.6 is 23.4 Å². The number of nitrogens with one attached hydrogen (secondary N) is 2. The fourth-order valence-corrected chi connectivity index (χ4v) is 4.19. The normalized spacial score (nSPS) is 11.8. The zero-order chi connectivity index (χ0) is 24.7. The number of amides is 2. The van der Waals surface area contributed by atoms with E-state index in [0.717, 1.165) is 11.8 Å². The van der Waals surface area contributed by atoms with Crippen molar-refractivity contribution < 1.29 is 14.0 Å². The molecule has 2 aromatic carbocycles. The highest BCUT2D eigenvalue weighted by atomic mass is 35.5. The summed E-state index contributed by atoms with van der Waals surface area (Å²) in [6.45, 7) is 8.09. The molecule has 0 radical (unpaired) electrons. The highest BCUT2D eigenvalue weighted by molar-refractivity contribution is 7.99. The summed E-state index contributed by atoms with van der Waals surface area (Å²) in [6, 6.07) is 12.3. The smallest absolute Gasteiger partial charge is 0.253 e. The number of rotatable bonds is 10. The number of carbonyl (C=O) groups is 2. The van der Waals surface area contributed by atoms with E-state index in [9.17, 15) is 14.0 Å². The van der Waals surface area contributed by atoms with Crippen LogP contribution in [0.15, 0.2) is 66.3 Å². The molecule has 0 aliphatic rings. The molecule has 7 nitrogen and oxygen atoms in total. The van der Waals surface area contributed by atoms with Gasteiger partial charge in [-0.3, -0.25) is 9.59 Å². The lowest BCUT2D eigenvalue weighted by Crippen LogP contribution is -2.34. The van der Waals surface area contributed by atoms with Gasteiger partial charge in [-0.1, -0.05) is 67.6 Å². The van der Waals surface area contributed by atoms with E-state index in [-0.39, 0.29) is 29.2 Å². The maximum atomic E-state index is 13.8. The number of hydrogen-bond acceptors (Lipinski definition) is 5. The van der Waals surface area contributed by atoms with E-state index in [1.54, 1.807) is 47.0 Å². The molecular weight excluding hydrogens is 477 g/mol. The van der Waals surface area contributed by atoms with Crippen molar-refractivity contribution in [2.24, 2.45) is 5.92 Å². The summed E-state index contributed by atoms with van der Waals surface area (Å²) < 4.78 is 15.6. The largest absolute Gasteiger partial charge is 0.342 e. The van der Waals surface area contributed by atoms with Crippen molar-refractivity contribution in [1.82, 2.24) is 20.1 Å². The summed E-state index contributed by atoms with van der Waals surface area (Å²) in [4.78, 5) is 25.2. The predicted molar refractivity (Wildman–Crippen MR) is 132 cm³/mol. The molecule has 2 N–H and O–H groups in total. The number of thioether (sulfide) groups is 1. The molecule has 1 aromatic heterocycles. The Balaban J connectivity index is 1.77. The van der Waals surface area contributed by atoms with Gasteiger partial charge in [0.1, 0.15) is 5.82 Å². The van der Waals surface area contributed by atoms with Gasteiger partial charge in [0, 0.05) is 6.54 Å². The summed E-state index contributed by atoms with van der Waals surface area (Å²) in [5, 5.41) is 14.9. The Morgan fingerprint density at radius 1 is 1.18 bits per heavy atom. The second-order valence-electron chi connectivity index (χ2n) is 7.73. The third kappa shape index (κ3) is 6.24. The van der Waals surface area contributed by atoms with Crippen LogP contribution in [0, 0.1) is 11.7 Å². The number of carbonyl (C=O) groups excluding carboxylic acids is 2. The Bertz CT molecular complexity index is 1180. The molecule has 178 valence electrons. The van der Waals surface area contributed by atoms with E-state index in [1.807, 2.05) is 13.8 Å². The first-order chi connectivity index (χ1) is 16.3. The lowest BCUT2D eigenvalue weighted by atomic mass is 10.0. The number of nitrogens with zero attached hydrogens (tertiary/aromatic N) is 3. The molecule has 0 bridgehead atoms. The van der Waals surface area contributed by atoms with Gasteiger partial charge < -0.3 is 15.2 Å². The van der Waals surface area contributed by atoms with E-state index < -0.39 is 11.9 Å². The van der Waals surface area contributed by atoms with Gasteiger partial charge in [-0.2, -0.15) is 0 Å². The lowest BCUT2D eigenvalue weighted by molar-refractivity contribution is -0.113. The second kappa shape index (κ2) is 11.8. The molecule has 0 saturated carbocycles. The predicted octanol–water partition coefficient (Wildman–Crippen LogP) is 5.11. The van der Waals surface area contributed by atoms with Crippen molar-refractivity contribution in [3.8, 4) is 0 Å². The molecule has 3 rings (SSSR count). The van der Waals surface area contributed by atoms with Gasteiger partial charge in [-0.05, 0) is 30.2 Å². The molecule has 0 aliphatic heterocycles. The van der Waals surface area contributed by atoms with Crippen molar-refractivity contribution >= 4 is 40.9 Å². The van der Waals surface area contributed by atoms with Gasteiger partial charge in [-0.25, -0.2) is 4.39 Å². The third-order valence-corrected chi connectivity index (χ3v) is 6.18. The molecule has 1 atom stereocenters. The molecule has 3 aromatic rings. The van der Waals surface area contributed by atoms with Gasteiger partial charge in [0.2, 0.25) is 5.91 Å². The summed E-state index contributed by atoms with van der Waals surface area (Å²) in [7, 11) is 0. The quantitative estimate of drug-likeness (QED) is 0.297. The summed E-state index contributed by atoms with van der Waals surface area (Å²) in [5.41, 5.74) is 0.479. The molecule has 0 saturated heterocycles. The molecule has 34 heavy (non-hydrogen) atoms. The van der Waals surface area contributed by atoms with Crippen molar-refractivity contribution in [3.63, 3.8) is 0 Å². The number of allylic oxidation sites excluding steroid dienone is 1. The van der Waals surface area contributed by atoms with Crippen LogP contribution in [0.1, 0.15) is 36.1 Å². The summed E-state index contributed by atoms with van der Waals surface area (Å²) >= 11 is 7.34. The summed E-state index contributed by atoms with van der Waals surface area (Å²) in [6.07, 6.45) is 1.68. The van der Waals surface area contributed by atoms with E-state index in [1.165, 1.54) is 12.1 Å². The topological polar surface area (TPSA) is 88.9 Å². The molecule has 10 heteroatoms. The Morgan fingerprint density at radius 2 is 1.88 bits per heavy atom. The van der Waals surface area contributed by atoms with Gasteiger partial charge in [-0.15, -0.1) is 16.8 Å². The van der Waals surface area contributed by atoms with E-state index in [0.29, 0.717) is 28.1 Å². The standard InChI is InChI=1S/C24H25ClFN5O2S/c1-4-13-31-22(21(15(2)3)28-23(33)16-9-5-6-10-17(16)25)29-30-24(31)34-14-20(32)27-19-12-8-7-11-18(19)26/h4-12,15,21H,1,13-14H2,2-3H3,(H,27,32)(H,28,33). The van der Waals surface area contributed by atoms with Crippen molar-refractivity contribution in [1.29, 1.82) is 0 Å². The molecule has 0 fully saturated rings. The minimum Gasteiger partial charge on any atom is -0.342 e. The fourth-order valence-electron chi connectivity index (χ4n) is 3.21. The first-order valence-corrected chi connectivity index (χ1v) is 11.9. The van der Waals surface area contributed by atoms with Crippen LogP contribution in [0.25, 0.3) is 0 Å². The Hall–Kier alpha value is -3.17. The highest BCUT2D eigenvalue weighted by Gasteiger charge is 2.27. The molecule has 1 heterocycles. The summed E-state index contributed by atoms with van der Waals surface area (Å²) in [5.74, 6) is -0.684. The van der Waals surface area contributed by atoms with Crippen LogP contribution in [0.2, 0.25) is 5.02 Å². The van der Waals surface area contributed by atoms with Gasteiger partial charge >= 0.3 is 0 Å². The third-order valence-electron chi connectivity index (χ3n) is 4.89. The van der Waals surface area contributed by atoms with Gasteiger partial charge in [0.15, 0.2) is 11.0 Å². The number of halogens is 2. The number of aromatic nitrogens is 3. The first kappa shape index (κ1) is 25.5. The Morgan fingerprint density at radius 3 is 2.56 bits per heavy atom. The SMILES string of the molecule is C=CCn1c(SCC(=O)Nc2ccccc2F)nnc1C(NC(=O)c1ccccc1Cl)C(C)C. The van der Waals surface area contributed by atoms with E-state index in [2.05, 4.69) is 27.4 Å². The average Bonchev–Trinajstić information content (AvgIpc) is 3.20. The lowest BCUT2D eigenvalue weighted by Gasteiger charge is -2.23. The van der Waals surface area contributed by atoms with E-state index >= 15 is 0 Å². The monoisotopic (exact) mass is 501 g/mol. The minimum atomic E-state index is -0.507. The van der Waals surface area contributed by atoms with Crippen molar-refractivity contribution in [2.45, 2.75) is 31.6 Å². The fraction of sp³-hybridized carbons (Fsp3) is 0.250. The maximum absolute atomic E-state index is 13.8. The minimum absolute atomic E-state index is 0.00192. The molecule has 0 aliphatic carbocycles. The zero-order valence-corrected chi connectivity index (χ0v) is 20.4. The molecule has 1 unspecified atom stereocenters. The van der Waals surface area contributed by atoms with Crippen LogP contribution in [-0.4, -0.2) is 32.3 Å². The highest BCUT2D eigenvalue weighted by Crippen LogP contribution is 2.26. The maximum Gasteiger partial charge on any atom is 0.253 e. The van der Waals surface area contributed by atoms with Crippen LogP contribution in [-0.2, 0) is 11.3 Å². The first-order valence-electron chi connectivity index (χ1n) is 10.6. The molecular formula is C24H25ClFN5O2S. The Labute approximate surface area is 206 Å². The molecule has 0 spiro atoms. The van der Waals surface area contributed by atoms with Crippen LogP contribution in [0.4, 0.5) is 10.1 Å². The van der Waals surface area contributed by atoms with Gasteiger partial charge in [0.05, 0.1) is 28.1 Å². The second-order valence-corrected chi connectivity index (χ2v) is 9.08. The van der Waals surface area contributed by atoms with Gasteiger partial charge in [0.25, 0.3) is 5.91 Å². The number of anilines is 1. The van der Waals surface area contributed by atoms with Crippen LogP contribution in [0.3, 0.4) is 0 Å². The van der Waals surface area contributed by atoms with Crippen molar-refractivity contribution in [2.75, 3.05) is 11.1 Å². The van der Waals surface area contributed by atoms with Crippen LogP contribution < -0.4 is 10.6 Å². The Kier molecular flexibility index (Phi) is 8.84. The van der Waals surface area contributed by atoms with Crippen LogP contribution in [0.5, 0.6) is 0 Å². The number of hydrogen-bond donors (Lipinski definition) is 2. The number of benzene rings is 2. The van der Waals surface area contributed by atoms with Crippen molar-refractivity contribution in [3.05, 3.63) is 83.4 Å². The van der Waals surface area contributed by atoms with E-state index in [4.69, 9.17) is 11.6 Å².